The number of nitrogens with one attached hydrogen (secondary N) is 1. The molecule has 4 nitrogen and oxygen atoms in total. The number of hydrogen-bond acceptors (Lipinski definition) is 5. The summed E-state index contributed by atoms with van der Waals surface area (Å²) in [6, 6.07) is 18.4. The van der Waals surface area contributed by atoms with Crippen LogP contribution in [0.4, 0.5) is 4.39 Å². The van der Waals surface area contributed by atoms with Crippen molar-refractivity contribution in [3.05, 3.63) is 87.9 Å². The molecule has 31 heavy (non-hydrogen) atoms. The molecule has 1 aliphatic rings. The normalized spacial score (nSPS) is 15.5. The summed E-state index contributed by atoms with van der Waals surface area (Å²) in [6.45, 7) is 3.34. The van der Waals surface area contributed by atoms with E-state index in [0.29, 0.717) is 25.3 Å². The van der Waals surface area contributed by atoms with Crippen molar-refractivity contribution >= 4 is 29.0 Å². The standard InChI is InChI=1S/C24H25FN2O2S2/c25-19-9-7-18(8-10-19)22(27-11-13-29-14-12-27)16-26-24(28)21-5-1-2-6-23(21)31-17-20-4-3-15-30-20/h1-10,15,22H,11-14,16-17H2,(H,26,28). The molecule has 1 fully saturated rings. The third-order valence-electron chi connectivity index (χ3n) is 5.28. The molecule has 0 radical (unpaired) electrons. The molecule has 1 N–H and O–H groups in total. The maximum atomic E-state index is 13.4. The number of ether oxygens (including phenoxy) is 1. The molecular formula is C24H25FN2O2S2. The second-order valence-corrected chi connectivity index (χ2v) is 9.34. The first-order valence-electron chi connectivity index (χ1n) is 10.3. The van der Waals surface area contributed by atoms with Gasteiger partial charge in [0.05, 0.1) is 24.8 Å². The Morgan fingerprint density at radius 1 is 1.10 bits per heavy atom. The molecule has 3 aromatic rings. The number of morpholine rings is 1. The predicted octanol–water partition coefficient (Wildman–Crippen LogP) is 4.98. The molecule has 2 aromatic carbocycles. The minimum atomic E-state index is -0.259. The average molecular weight is 457 g/mol. The lowest BCUT2D eigenvalue weighted by Crippen LogP contribution is -2.43. The fourth-order valence-electron chi connectivity index (χ4n) is 3.64. The number of carbonyl (C=O) groups excluding carboxylic acids is 1. The van der Waals surface area contributed by atoms with Gasteiger partial charge in [-0.15, -0.1) is 23.1 Å². The summed E-state index contributed by atoms with van der Waals surface area (Å²) in [4.78, 5) is 17.6. The van der Waals surface area contributed by atoms with Gasteiger partial charge in [0.1, 0.15) is 5.82 Å². The van der Waals surface area contributed by atoms with E-state index < -0.39 is 0 Å². The van der Waals surface area contributed by atoms with Crippen molar-refractivity contribution in [1.29, 1.82) is 0 Å². The van der Waals surface area contributed by atoms with E-state index in [0.717, 1.165) is 29.3 Å². The lowest BCUT2D eigenvalue weighted by molar-refractivity contribution is 0.0162. The molecule has 1 atom stereocenters. The third-order valence-corrected chi connectivity index (χ3v) is 7.46. The third kappa shape index (κ3) is 5.95. The molecule has 0 saturated carbocycles. The lowest BCUT2D eigenvalue weighted by atomic mass is 10.0. The van der Waals surface area contributed by atoms with Crippen molar-refractivity contribution in [2.45, 2.75) is 16.7 Å². The number of carbonyl (C=O) groups is 1. The zero-order valence-electron chi connectivity index (χ0n) is 17.1. The Balaban J connectivity index is 1.45. The van der Waals surface area contributed by atoms with E-state index in [1.54, 1.807) is 35.2 Å². The quantitative estimate of drug-likeness (QED) is 0.485. The summed E-state index contributed by atoms with van der Waals surface area (Å²) in [7, 11) is 0. The van der Waals surface area contributed by atoms with Gasteiger partial charge < -0.3 is 10.1 Å². The van der Waals surface area contributed by atoms with Crippen molar-refractivity contribution in [2.24, 2.45) is 0 Å². The number of rotatable bonds is 8. The van der Waals surface area contributed by atoms with E-state index in [1.165, 1.54) is 17.0 Å². The summed E-state index contributed by atoms with van der Waals surface area (Å²) in [5, 5.41) is 5.18. The Hall–Kier alpha value is -2.19. The largest absolute Gasteiger partial charge is 0.379 e. The van der Waals surface area contributed by atoms with Crippen LogP contribution in [0.25, 0.3) is 0 Å². The molecule has 1 amide bonds. The van der Waals surface area contributed by atoms with Crippen molar-refractivity contribution in [3.63, 3.8) is 0 Å². The van der Waals surface area contributed by atoms with Crippen molar-refractivity contribution < 1.29 is 13.9 Å². The lowest BCUT2D eigenvalue weighted by Gasteiger charge is -2.35. The molecule has 0 bridgehead atoms. The van der Waals surface area contributed by atoms with Crippen LogP contribution in [0.5, 0.6) is 0 Å². The van der Waals surface area contributed by atoms with Gasteiger partial charge in [-0.3, -0.25) is 9.69 Å². The van der Waals surface area contributed by atoms with Gasteiger partial charge >= 0.3 is 0 Å². The molecule has 4 rings (SSSR count). The molecule has 1 unspecified atom stereocenters. The number of halogens is 1. The van der Waals surface area contributed by atoms with E-state index in [-0.39, 0.29) is 17.8 Å². The highest BCUT2D eigenvalue weighted by atomic mass is 32.2. The molecule has 2 heterocycles. The maximum Gasteiger partial charge on any atom is 0.252 e. The van der Waals surface area contributed by atoms with Crippen LogP contribution in [0.3, 0.4) is 0 Å². The van der Waals surface area contributed by atoms with Crippen molar-refractivity contribution in [1.82, 2.24) is 10.2 Å². The first kappa shape index (κ1) is 22.0. The van der Waals surface area contributed by atoms with Crippen molar-refractivity contribution in [2.75, 3.05) is 32.8 Å². The van der Waals surface area contributed by atoms with E-state index in [9.17, 15) is 9.18 Å². The molecule has 0 spiro atoms. The molecule has 1 aliphatic heterocycles. The van der Waals surface area contributed by atoms with E-state index in [4.69, 9.17) is 4.74 Å². The van der Waals surface area contributed by atoms with Gasteiger partial charge in [0.2, 0.25) is 0 Å². The Labute approximate surface area is 190 Å². The van der Waals surface area contributed by atoms with Crippen LogP contribution in [-0.4, -0.2) is 43.7 Å². The van der Waals surface area contributed by atoms with Crippen molar-refractivity contribution in [3.8, 4) is 0 Å². The van der Waals surface area contributed by atoms with Crippen LogP contribution >= 0.6 is 23.1 Å². The first-order chi connectivity index (χ1) is 15.2. The number of hydrogen-bond donors (Lipinski definition) is 1. The van der Waals surface area contributed by atoms with Gasteiger partial charge in [0, 0.05) is 35.2 Å². The molecule has 7 heteroatoms. The zero-order chi connectivity index (χ0) is 21.5. The second-order valence-electron chi connectivity index (χ2n) is 7.29. The zero-order valence-corrected chi connectivity index (χ0v) is 18.8. The SMILES string of the molecule is O=C(NCC(c1ccc(F)cc1)N1CCOCC1)c1ccccc1SCc1cccs1. The highest BCUT2D eigenvalue weighted by Gasteiger charge is 2.24. The fraction of sp³-hybridized carbons (Fsp3) is 0.292. The van der Waals surface area contributed by atoms with Crippen LogP contribution in [-0.2, 0) is 10.5 Å². The van der Waals surface area contributed by atoms with E-state index in [2.05, 4.69) is 21.7 Å². The highest BCUT2D eigenvalue weighted by molar-refractivity contribution is 7.98. The molecular weight excluding hydrogens is 431 g/mol. The Bertz CT molecular complexity index is 974. The van der Waals surface area contributed by atoms with Crippen LogP contribution in [0, 0.1) is 5.82 Å². The molecule has 1 aromatic heterocycles. The average Bonchev–Trinajstić information content (AvgIpc) is 3.33. The van der Waals surface area contributed by atoms with Gasteiger partial charge in [-0.2, -0.15) is 0 Å². The second kappa shape index (κ2) is 10.9. The Morgan fingerprint density at radius 3 is 2.61 bits per heavy atom. The molecule has 1 saturated heterocycles. The summed E-state index contributed by atoms with van der Waals surface area (Å²) < 4.78 is 18.9. The maximum absolute atomic E-state index is 13.4. The monoisotopic (exact) mass is 456 g/mol. The summed E-state index contributed by atoms with van der Waals surface area (Å²) >= 11 is 3.40. The van der Waals surface area contributed by atoms with Crippen LogP contribution in [0.2, 0.25) is 0 Å². The van der Waals surface area contributed by atoms with Gasteiger partial charge in [-0.05, 0) is 41.3 Å². The van der Waals surface area contributed by atoms with E-state index in [1.807, 2.05) is 30.3 Å². The smallest absolute Gasteiger partial charge is 0.252 e. The van der Waals surface area contributed by atoms with Gasteiger partial charge in [-0.1, -0.05) is 30.3 Å². The minimum absolute atomic E-state index is 0.0283. The van der Waals surface area contributed by atoms with Gasteiger partial charge in [0.25, 0.3) is 5.91 Å². The fourth-order valence-corrected chi connectivity index (χ4v) is 5.46. The summed E-state index contributed by atoms with van der Waals surface area (Å²) in [5.74, 6) is 0.494. The van der Waals surface area contributed by atoms with Gasteiger partial charge in [-0.25, -0.2) is 4.39 Å². The number of amides is 1. The van der Waals surface area contributed by atoms with Crippen LogP contribution in [0.1, 0.15) is 26.8 Å². The minimum Gasteiger partial charge on any atom is -0.379 e. The topological polar surface area (TPSA) is 41.6 Å². The number of thiophene rings is 1. The van der Waals surface area contributed by atoms with E-state index >= 15 is 0 Å². The predicted molar refractivity (Wildman–Crippen MR) is 124 cm³/mol. The Morgan fingerprint density at radius 2 is 1.87 bits per heavy atom. The highest BCUT2D eigenvalue weighted by Crippen LogP contribution is 2.28. The summed E-state index contributed by atoms with van der Waals surface area (Å²) in [6.07, 6.45) is 0. The first-order valence-corrected chi connectivity index (χ1v) is 12.2. The van der Waals surface area contributed by atoms with Gasteiger partial charge in [0.15, 0.2) is 0 Å². The van der Waals surface area contributed by atoms with Crippen LogP contribution < -0.4 is 5.32 Å². The van der Waals surface area contributed by atoms with Crippen LogP contribution in [0.15, 0.2) is 70.9 Å². The number of thioether (sulfide) groups is 1. The summed E-state index contributed by atoms with van der Waals surface area (Å²) in [5.41, 5.74) is 1.67. The molecule has 162 valence electrons. The molecule has 0 aliphatic carbocycles. The number of nitrogens with zero attached hydrogens (tertiary/aromatic N) is 1. The Kier molecular flexibility index (Phi) is 7.75. The number of benzene rings is 2.